The van der Waals surface area contributed by atoms with Gasteiger partial charge in [0.25, 0.3) is 0 Å². The minimum absolute atomic E-state index is 0.0561. The van der Waals surface area contributed by atoms with Crippen LogP contribution < -0.4 is 10.1 Å². The highest BCUT2D eigenvalue weighted by Gasteiger charge is 2.14. The molecule has 4 heteroatoms. The van der Waals surface area contributed by atoms with E-state index >= 15 is 0 Å². The smallest absolute Gasteiger partial charge is 0.219 e. The van der Waals surface area contributed by atoms with Gasteiger partial charge in [0.15, 0.2) is 0 Å². The van der Waals surface area contributed by atoms with Gasteiger partial charge in [-0.25, -0.2) is 0 Å². The van der Waals surface area contributed by atoms with Gasteiger partial charge >= 0.3 is 0 Å². The van der Waals surface area contributed by atoms with E-state index in [1.165, 1.54) is 0 Å². The summed E-state index contributed by atoms with van der Waals surface area (Å²) in [6, 6.07) is 3.88. The van der Waals surface area contributed by atoms with Crippen molar-refractivity contribution in [3.8, 4) is 5.75 Å². The largest absolute Gasteiger partial charge is 0.494 e. The zero-order chi connectivity index (χ0) is 14.4. The maximum absolute atomic E-state index is 11.2. The molecule has 4 nitrogen and oxygen atoms in total. The number of benzene rings is 1. The number of hydrogen-bond acceptors (Lipinski definition) is 3. The summed E-state index contributed by atoms with van der Waals surface area (Å²) < 4.78 is 5.52. The third-order valence-electron chi connectivity index (χ3n) is 3.15. The maximum atomic E-state index is 11.2. The molecular formula is C15H23NO3. The zero-order valence-electron chi connectivity index (χ0n) is 12.1. The number of aliphatic hydroxyl groups is 1. The average molecular weight is 265 g/mol. The molecule has 0 aliphatic heterocycles. The van der Waals surface area contributed by atoms with Crippen LogP contribution >= 0.6 is 0 Å². The SMILES string of the molecule is CCOc1cc(C)c(C(O)CCC(=O)NC)cc1C. The summed E-state index contributed by atoms with van der Waals surface area (Å²) in [5.41, 5.74) is 2.85. The monoisotopic (exact) mass is 265 g/mol. The van der Waals surface area contributed by atoms with Crippen LogP contribution in [-0.4, -0.2) is 24.7 Å². The molecule has 19 heavy (non-hydrogen) atoms. The van der Waals surface area contributed by atoms with Gasteiger partial charge in [-0.15, -0.1) is 0 Å². The molecule has 1 aromatic rings. The number of amides is 1. The Labute approximate surface area is 114 Å². The molecule has 2 N–H and O–H groups in total. The van der Waals surface area contributed by atoms with Crippen molar-refractivity contribution in [2.75, 3.05) is 13.7 Å². The van der Waals surface area contributed by atoms with Crippen molar-refractivity contribution in [1.29, 1.82) is 0 Å². The van der Waals surface area contributed by atoms with Gasteiger partial charge in [-0.3, -0.25) is 4.79 Å². The summed E-state index contributed by atoms with van der Waals surface area (Å²) in [4.78, 5) is 11.2. The van der Waals surface area contributed by atoms with E-state index in [0.717, 1.165) is 22.4 Å². The Morgan fingerprint density at radius 3 is 2.63 bits per heavy atom. The van der Waals surface area contributed by atoms with Crippen molar-refractivity contribution >= 4 is 5.91 Å². The van der Waals surface area contributed by atoms with Crippen molar-refractivity contribution in [3.63, 3.8) is 0 Å². The van der Waals surface area contributed by atoms with Gasteiger partial charge in [-0.1, -0.05) is 0 Å². The third-order valence-corrected chi connectivity index (χ3v) is 3.15. The molecule has 0 aliphatic rings. The summed E-state index contributed by atoms with van der Waals surface area (Å²) in [6.07, 6.45) is 0.129. The fourth-order valence-corrected chi connectivity index (χ4v) is 2.03. The number of carbonyl (C=O) groups excluding carboxylic acids is 1. The van der Waals surface area contributed by atoms with E-state index in [4.69, 9.17) is 4.74 Å². The first-order chi connectivity index (χ1) is 8.99. The van der Waals surface area contributed by atoms with Crippen molar-refractivity contribution < 1.29 is 14.6 Å². The van der Waals surface area contributed by atoms with Crippen LogP contribution in [-0.2, 0) is 4.79 Å². The van der Waals surface area contributed by atoms with Gasteiger partial charge in [0.05, 0.1) is 12.7 Å². The van der Waals surface area contributed by atoms with Crippen LogP contribution in [0.2, 0.25) is 0 Å². The molecule has 0 aromatic heterocycles. The first-order valence-corrected chi connectivity index (χ1v) is 6.62. The molecule has 1 amide bonds. The molecule has 1 rings (SSSR count). The van der Waals surface area contributed by atoms with Crippen molar-refractivity contribution in [1.82, 2.24) is 5.32 Å². The van der Waals surface area contributed by atoms with E-state index in [0.29, 0.717) is 19.4 Å². The van der Waals surface area contributed by atoms with Crippen molar-refractivity contribution in [2.45, 2.75) is 39.7 Å². The lowest BCUT2D eigenvalue weighted by molar-refractivity contribution is -0.121. The van der Waals surface area contributed by atoms with E-state index in [2.05, 4.69) is 5.32 Å². The Bertz CT molecular complexity index is 443. The normalized spacial score (nSPS) is 12.1. The van der Waals surface area contributed by atoms with Gasteiger partial charge in [-0.05, 0) is 56.0 Å². The first-order valence-electron chi connectivity index (χ1n) is 6.62. The lowest BCUT2D eigenvalue weighted by Gasteiger charge is -2.16. The second-order valence-corrected chi connectivity index (χ2v) is 4.63. The number of nitrogens with one attached hydrogen (secondary N) is 1. The molecule has 0 saturated heterocycles. The number of rotatable bonds is 6. The highest BCUT2D eigenvalue weighted by atomic mass is 16.5. The third kappa shape index (κ3) is 4.24. The highest BCUT2D eigenvalue weighted by molar-refractivity contribution is 5.75. The van der Waals surface area contributed by atoms with E-state index in [1.54, 1.807) is 7.05 Å². The molecular weight excluding hydrogens is 242 g/mol. The van der Waals surface area contributed by atoms with E-state index < -0.39 is 6.10 Å². The first kappa shape index (κ1) is 15.5. The Morgan fingerprint density at radius 1 is 1.37 bits per heavy atom. The zero-order valence-corrected chi connectivity index (χ0v) is 12.1. The molecule has 106 valence electrons. The van der Waals surface area contributed by atoms with Gasteiger partial charge in [0.1, 0.15) is 5.75 Å². The summed E-state index contributed by atoms with van der Waals surface area (Å²) in [5.74, 6) is 0.793. The number of hydrogen-bond donors (Lipinski definition) is 2. The van der Waals surface area contributed by atoms with Crippen LogP contribution in [0.5, 0.6) is 5.75 Å². The fourth-order valence-electron chi connectivity index (χ4n) is 2.03. The fraction of sp³-hybridized carbons (Fsp3) is 0.533. The summed E-state index contributed by atoms with van der Waals surface area (Å²) in [7, 11) is 1.60. The lowest BCUT2D eigenvalue weighted by atomic mass is 9.97. The van der Waals surface area contributed by atoms with Crippen LogP contribution in [0.25, 0.3) is 0 Å². The van der Waals surface area contributed by atoms with E-state index in [9.17, 15) is 9.90 Å². The molecule has 1 atom stereocenters. The summed E-state index contributed by atoms with van der Waals surface area (Å²) in [5, 5.41) is 12.7. The summed E-state index contributed by atoms with van der Waals surface area (Å²) >= 11 is 0. The quantitative estimate of drug-likeness (QED) is 0.829. The van der Waals surface area contributed by atoms with E-state index in [-0.39, 0.29) is 5.91 Å². The maximum Gasteiger partial charge on any atom is 0.219 e. The Hall–Kier alpha value is -1.55. The number of aliphatic hydroxyl groups excluding tert-OH is 1. The van der Waals surface area contributed by atoms with Gasteiger partial charge in [-0.2, -0.15) is 0 Å². The molecule has 0 spiro atoms. The molecule has 1 aromatic carbocycles. The second-order valence-electron chi connectivity index (χ2n) is 4.63. The molecule has 0 saturated carbocycles. The van der Waals surface area contributed by atoms with Gasteiger partial charge < -0.3 is 15.2 Å². The Kier molecular flexibility index (Phi) is 5.83. The minimum atomic E-state index is -0.619. The minimum Gasteiger partial charge on any atom is -0.494 e. The van der Waals surface area contributed by atoms with Crippen LogP contribution in [0.3, 0.4) is 0 Å². The molecule has 0 heterocycles. The van der Waals surface area contributed by atoms with E-state index in [1.807, 2.05) is 32.9 Å². The predicted octanol–water partition coefficient (Wildman–Crippen LogP) is 2.26. The number of aryl methyl sites for hydroxylation is 2. The molecule has 0 fully saturated rings. The number of carbonyl (C=O) groups is 1. The van der Waals surface area contributed by atoms with Crippen molar-refractivity contribution in [2.24, 2.45) is 0 Å². The standard InChI is InChI=1S/C15H23NO3/c1-5-19-14-9-10(2)12(8-11(14)3)13(17)6-7-15(18)16-4/h8-9,13,17H,5-7H2,1-4H3,(H,16,18). The van der Waals surface area contributed by atoms with Crippen LogP contribution in [0.4, 0.5) is 0 Å². The van der Waals surface area contributed by atoms with Crippen molar-refractivity contribution in [3.05, 3.63) is 28.8 Å². The van der Waals surface area contributed by atoms with Crippen LogP contribution in [0, 0.1) is 13.8 Å². The Morgan fingerprint density at radius 2 is 2.05 bits per heavy atom. The molecule has 1 unspecified atom stereocenters. The topological polar surface area (TPSA) is 58.6 Å². The van der Waals surface area contributed by atoms with Gasteiger partial charge in [0.2, 0.25) is 5.91 Å². The lowest BCUT2D eigenvalue weighted by Crippen LogP contribution is -2.18. The predicted molar refractivity (Wildman–Crippen MR) is 75.3 cm³/mol. The number of ether oxygens (including phenoxy) is 1. The average Bonchev–Trinajstić information content (AvgIpc) is 2.39. The highest BCUT2D eigenvalue weighted by Crippen LogP contribution is 2.28. The summed E-state index contributed by atoms with van der Waals surface area (Å²) in [6.45, 7) is 6.47. The van der Waals surface area contributed by atoms with Crippen LogP contribution in [0.15, 0.2) is 12.1 Å². The second kappa shape index (κ2) is 7.14. The molecule has 0 radical (unpaired) electrons. The van der Waals surface area contributed by atoms with Crippen LogP contribution in [0.1, 0.15) is 42.6 Å². The Balaban J connectivity index is 2.82. The van der Waals surface area contributed by atoms with Gasteiger partial charge in [0, 0.05) is 13.5 Å². The molecule has 0 bridgehead atoms. The molecule has 0 aliphatic carbocycles.